The van der Waals surface area contributed by atoms with E-state index in [1.54, 1.807) is 11.3 Å². The lowest BCUT2D eigenvalue weighted by Crippen LogP contribution is -2.54. The molecule has 2 aliphatic heterocycles. The van der Waals surface area contributed by atoms with Crippen LogP contribution in [-0.2, 0) is 0 Å². The molecule has 3 heterocycles. The van der Waals surface area contributed by atoms with Crippen molar-refractivity contribution in [3.63, 3.8) is 0 Å². The summed E-state index contributed by atoms with van der Waals surface area (Å²) in [5.41, 5.74) is 1.19. The molecule has 3 unspecified atom stereocenters. The lowest BCUT2D eigenvalue weighted by molar-refractivity contribution is 0.0505. The fourth-order valence-electron chi connectivity index (χ4n) is 5.08. The molecule has 1 aromatic heterocycles. The van der Waals surface area contributed by atoms with Crippen LogP contribution < -0.4 is 0 Å². The number of hydrogen-bond donors (Lipinski definition) is 0. The second-order valence-corrected chi connectivity index (χ2v) is 8.26. The number of thiophene rings is 1. The zero-order chi connectivity index (χ0) is 15.6. The molecule has 4 heteroatoms. The van der Waals surface area contributed by atoms with E-state index >= 15 is 0 Å². The number of carbonyl (C=O) groups excluding carboxylic acids is 1. The number of rotatable bonds is 3. The average molecular weight is 326 g/mol. The van der Waals surface area contributed by atoms with Gasteiger partial charge in [0.2, 0.25) is 0 Å². The van der Waals surface area contributed by atoms with Crippen LogP contribution in [-0.4, -0.2) is 46.9 Å². The summed E-state index contributed by atoms with van der Waals surface area (Å²) in [6.07, 6.45) is 3.82. The van der Waals surface area contributed by atoms with Gasteiger partial charge >= 0.3 is 0 Å². The summed E-state index contributed by atoms with van der Waals surface area (Å²) >= 11 is 1.72. The van der Waals surface area contributed by atoms with Gasteiger partial charge in [-0.1, -0.05) is 6.07 Å². The number of amides is 1. The summed E-state index contributed by atoms with van der Waals surface area (Å²) in [5, 5.41) is 3.33. The third-order valence-electron chi connectivity index (χ3n) is 6.25. The molecular formula is C19H22N2OS. The maximum absolute atomic E-state index is 13.2. The van der Waals surface area contributed by atoms with Gasteiger partial charge in [0, 0.05) is 28.9 Å². The summed E-state index contributed by atoms with van der Waals surface area (Å²) in [5.74, 6) is 0.916. The standard InChI is InChI=1S/C19H22N2OS/c1-2-21(17-15-5-9-20(12-15)19(17)7-8-19)18(22)14-4-3-13-6-10-23-16(13)11-14/h3-4,6,10-11,15,17H,2,5,7-9,12H2,1H3. The summed E-state index contributed by atoms with van der Waals surface area (Å²) in [4.78, 5) is 18.1. The molecule has 5 rings (SSSR count). The van der Waals surface area contributed by atoms with Gasteiger partial charge in [0.1, 0.15) is 0 Å². The van der Waals surface area contributed by atoms with Crippen molar-refractivity contribution >= 4 is 27.3 Å². The molecule has 1 aromatic carbocycles. The SMILES string of the molecule is CCN(C(=O)c1ccc2ccsc2c1)C1C2CCN(C2)C12CC2. The molecule has 1 saturated carbocycles. The Kier molecular flexibility index (Phi) is 2.92. The maximum Gasteiger partial charge on any atom is 0.254 e. The van der Waals surface area contributed by atoms with E-state index in [0.29, 0.717) is 17.5 Å². The van der Waals surface area contributed by atoms with E-state index in [9.17, 15) is 4.79 Å². The molecule has 2 aromatic rings. The van der Waals surface area contributed by atoms with Crippen LogP contribution in [0.25, 0.3) is 10.1 Å². The number of hydrogen-bond acceptors (Lipinski definition) is 3. The number of fused-ring (bicyclic) bond motifs is 4. The van der Waals surface area contributed by atoms with Gasteiger partial charge in [0.05, 0.1) is 6.04 Å². The maximum atomic E-state index is 13.2. The molecule has 23 heavy (non-hydrogen) atoms. The van der Waals surface area contributed by atoms with E-state index in [4.69, 9.17) is 0 Å². The molecule has 3 atom stereocenters. The average Bonchev–Trinajstić information content (AvgIpc) is 2.94. The summed E-state index contributed by atoms with van der Waals surface area (Å²) in [7, 11) is 0. The van der Waals surface area contributed by atoms with Crippen molar-refractivity contribution in [3.8, 4) is 0 Å². The predicted octanol–water partition coefficient (Wildman–Crippen LogP) is 3.60. The molecule has 0 N–H and O–H groups in total. The van der Waals surface area contributed by atoms with Crippen LogP contribution in [0.15, 0.2) is 29.6 Å². The quantitative estimate of drug-likeness (QED) is 0.860. The van der Waals surface area contributed by atoms with Crippen molar-refractivity contribution < 1.29 is 4.79 Å². The minimum Gasteiger partial charge on any atom is -0.334 e. The van der Waals surface area contributed by atoms with E-state index in [1.165, 1.54) is 42.4 Å². The summed E-state index contributed by atoms with van der Waals surface area (Å²) < 4.78 is 1.21. The van der Waals surface area contributed by atoms with Crippen LogP contribution in [0.2, 0.25) is 0 Å². The molecule has 3 aliphatic rings. The zero-order valence-electron chi connectivity index (χ0n) is 13.5. The van der Waals surface area contributed by atoms with Gasteiger partial charge < -0.3 is 4.90 Å². The smallest absolute Gasteiger partial charge is 0.254 e. The van der Waals surface area contributed by atoms with Crippen LogP contribution in [0.1, 0.15) is 36.5 Å². The van der Waals surface area contributed by atoms with Crippen LogP contribution in [0.5, 0.6) is 0 Å². The van der Waals surface area contributed by atoms with Crippen molar-refractivity contribution in [2.24, 2.45) is 5.92 Å². The number of likely N-dealkylation sites (N-methyl/N-ethyl adjacent to an activating group) is 1. The highest BCUT2D eigenvalue weighted by Crippen LogP contribution is 2.57. The van der Waals surface area contributed by atoms with Gasteiger partial charge in [-0.05, 0) is 67.6 Å². The van der Waals surface area contributed by atoms with E-state index in [0.717, 1.165) is 12.1 Å². The largest absolute Gasteiger partial charge is 0.334 e. The highest BCUT2D eigenvalue weighted by Gasteiger charge is 2.65. The van der Waals surface area contributed by atoms with Crippen LogP contribution in [0.3, 0.4) is 0 Å². The number of nitrogens with zero attached hydrogens (tertiary/aromatic N) is 2. The molecule has 2 saturated heterocycles. The highest BCUT2D eigenvalue weighted by molar-refractivity contribution is 7.17. The summed E-state index contributed by atoms with van der Waals surface area (Å²) in [6, 6.07) is 8.73. The molecule has 3 nitrogen and oxygen atoms in total. The first-order valence-electron chi connectivity index (χ1n) is 8.76. The first-order valence-corrected chi connectivity index (χ1v) is 9.64. The van der Waals surface area contributed by atoms with Crippen molar-refractivity contribution in [1.29, 1.82) is 0 Å². The normalized spacial score (nSPS) is 30.2. The second kappa shape index (κ2) is 4.81. The van der Waals surface area contributed by atoms with Crippen molar-refractivity contribution in [2.45, 2.75) is 37.8 Å². The fourth-order valence-corrected chi connectivity index (χ4v) is 5.91. The highest BCUT2D eigenvalue weighted by atomic mass is 32.1. The van der Waals surface area contributed by atoms with E-state index in [1.807, 2.05) is 6.07 Å². The Labute approximate surface area is 140 Å². The van der Waals surface area contributed by atoms with Gasteiger partial charge in [0.15, 0.2) is 0 Å². The topological polar surface area (TPSA) is 23.6 Å². The molecule has 3 fully saturated rings. The molecular weight excluding hydrogens is 304 g/mol. The molecule has 1 aliphatic carbocycles. The Morgan fingerprint density at radius 1 is 1.39 bits per heavy atom. The zero-order valence-corrected chi connectivity index (χ0v) is 14.3. The number of piperidine rings is 1. The molecule has 2 bridgehead atoms. The molecule has 120 valence electrons. The Morgan fingerprint density at radius 3 is 3.04 bits per heavy atom. The van der Waals surface area contributed by atoms with Gasteiger partial charge in [0.25, 0.3) is 5.91 Å². The monoisotopic (exact) mass is 326 g/mol. The van der Waals surface area contributed by atoms with Gasteiger partial charge in [-0.2, -0.15) is 0 Å². The van der Waals surface area contributed by atoms with Gasteiger partial charge in [-0.15, -0.1) is 11.3 Å². The third kappa shape index (κ3) is 1.88. The van der Waals surface area contributed by atoms with E-state index in [2.05, 4.69) is 40.3 Å². The first kappa shape index (κ1) is 14.0. The minimum atomic E-state index is 0.229. The summed E-state index contributed by atoms with van der Waals surface area (Å²) in [6.45, 7) is 5.41. The first-order chi connectivity index (χ1) is 11.2. The lowest BCUT2D eigenvalue weighted by Gasteiger charge is -2.40. The molecule has 0 radical (unpaired) electrons. The Morgan fingerprint density at radius 2 is 2.26 bits per heavy atom. The third-order valence-corrected chi connectivity index (χ3v) is 7.13. The van der Waals surface area contributed by atoms with Gasteiger partial charge in [-0.3, -0.25) is 9.69 Å². The van der Waals surface area contributed by atoms with Crippen molar-refractivity contribution in [2.75, 3.05) is 19.6 Å². The Balaban J connectivity index is 1.50. The Hall–Kier alpha value is -1.39. The fraction of sp³-hybridized carbons (Fsp3) is 0.526. The molecule has 1 amide bonds. The minimum absolute atomic E-state index is 0.229. The van der Waals surface area contributed by atoms with Crippen molar-refractivity contribution in [3.05, 3.63) is 35.2 Å². The van der Waals surface area contributed by atoms with E-state index in [-0.39, 0.29) is 5.91 Å². The van der Waals surface area contributed by atoms with Crippen molar-refractivity contribution in [1.82, 2.24) is 9.80 Å². The number of carbonyl (C=O) groups is 1. The van der Waals surface area contributed by atoms with Crippen LogP contribution in [0, 0.1) is 5.92 Å². The predicted molar refractivity (Wildman–Crippen MR) is 94.0 cm³/mol. The molecule has 1 spiro atoms. The van der Waals surface area contributed by atoms with Crippen LogP contribution in [0.4, 0.5) is 0 Å². The number of benzene rings is 1. The second-order valence-electron chi connectivity index (χ2n) is 7.31. The van der Waals surface area contributed by atoms with Gasteiger partial charge in [-0.25, -0.2) is 0 Å². The van der Waals surface area contributed by atoms with Crippen LogP contribution >= 0.6 is 11.3 Å². The Bertz CT molecular complexity index is 779. The lowest BCUT2D eigenvalue weighted by atomic mass is 9.89. The van der Waals surface area contributed by atoms with E-state index < -0.39 is 0 Å².